The molecule has 5 nitrogen and oxygen atoms in total. The number of hydrogen-bond donors (Lipinski definition) is 1. The van der Waals surface area contributed by atoms with Crippen LogP contribution in [0, 0.1) is 5.82 Å². The van der Waals surface area contributed by atoms with Crippen LogP contribution in [-0.2, 0) is 11.2 Å². The number of Topliss-reactive ketones (excluding diaryl/α,β-unsaturated/α-hetero) is 1. The van der Waals surface area contributed by atoms with E-state index in [0.717, 1.165) is 9.94 Å². The Bertz CT molecular complexity index is 896. The van der Waals surface area contributed by atoms with Gasteiger partial charge in [0.1, 0.15) is 18.0 Å². The Kier molecular flexibility index (Phi) is 4.62. The number of carbonyl (C=O) groups is 1. The van der Waals surface area contributed by atoms with Gasteiger partial charge in [-0.2, -0.15) is 5.06 Å². The summed E-state index contributed by atoms with van der Waals surface area (Å²) in [6, 6.07) is 4.73. The standard InChI is InChI=1S/C18H15ClFN3O2S/c19-18-21-10-13(26-18)9-15-22-8-2-1-3-14(22)17(24)16(23(15)25)11-4-6-12(20)7-5-11/h1-7,10,15-16,25H,8-9H2. The maximum absolute atomic E-state index is 13.3. The van der Waals surface area contributed by atoms with Gasteiger partial charge in [-0.3, -0.25) is 4.79 Å². The molecule has 0 saturated carbocycles. The Labute approximate surface area is 158 Å². The van der Waals surface area contributed by atoms with Crippen LogP contribution in [0.2, 0.25) is 4.47 Å². The SMILES string of the molecule is O=C1C2=CC=CCN2C(Cc2cnc(Cl)s2)N(O)C1c1ccc(F)cc1. The van der Waals surface area contributed by atoms with Crippen LogP contribution in [0.1, 0.15) is 16.5 Å². The zero-order valence-corrected chi connectivity index (χ0v) is 15.1. The number of benzene rings is 1. The normalized spacial score (nSPS) is 23.1. The lowest BCUT2D eigenvalue weighted by Gasteiger charge is -2.46. The minimum atomic E-state index is -0.891. The van der Waals surface area contributed by atoms with E-state index in [1.165, 1.54) is 35.6 Å². The molecule has 0 amide bonds. The molecule has 0 spiro atoms. The van der Waals surface area contributed by atoms with E-state index in [2.05, 4.69) is 4.98 Å². The smallest absolute Gasteiger partial charge is 0.202 e. The quantitative estimate of drug-likeness (QED) is 0.866. The molecule has 26 heavy (non-hydrogen) atoms. The van der Waals surface area contributed by atoms with Gasteiger partial charge in [0, 0.05) is 24.0 Å². The molecule has 3 heterocycles. The highest BCUT2D eigenvalue weighted by Gasteiger charge is 2.44. The molecule has 1 aromatic heterocycles. The van der Waals surface area contributed by atoms with Crippen molar-refractivity contribution in [2.24, 2.45) is 0 Å². The van der Waals surface area contributed by atoms with Crippen LogP contribution in [0.3, 0.4) is 0 Å². The Morgan fingerprint density at radius 1 is 1.35 bits per heavy atom. The second-order valence-electron chi connectivity index (χ2n) is 6.10. The van der Waals surface area contributed by atoms with Gasteiger partial charge in [0.05, 0.1) is 5.70 Å². The van der Waals surface area contributed by atoms with Crippen LogP contribution in [0.15, 0.2) is 54.4 Å². The summed E-state index contributed by atoms with van der Waals surface area (Å²) >= 11 is 7.26. The molecule has 2 atom stereocenters. The van der Waals surface area contributed by atoms with Gasteiger partial charge in [-0.25, -0.2) is 9.37 Å². The number of carbonyl (C=O) groups excluding carboxylic acids is 1. The molecule has 2 aliphatic heterocycles. The number of allylic oxidation sites excluding steroid dienone is 2. The average Bonchev–Trinajstić information content (AvgIpc) is 3.05. The zero-order chi connectivity index (χ0) is 18.3. The molecule has 134 valence electrons. The number of rotatable bonds is 3. The van der Waals surface area contributed by atoms with Crippen molar-refractivity contribution in [1.82, 2.24) is 14.9 Å². The van der Waals surface area contributed by atoms with Gasteiger partial charge in [0.2, 0.25) is 5.78 Å². The first-order valence-corrected chi connectivity index (χ1v) is 9.24. The van der Waals surface area contributed by atoms with Gasteiger partial charge in [0.25, 0.3) is 0 Å². The number of thiazole rings is 1. The fourth-order valence-corrected chi connectivity index (χ4v) is 4.33. The largest absolute Gasteiger partial charge is 0.347 e. The summed E-state index contributed by atoms with van der Waals surface area (Å²) in [6.45, 7) is 0.516. The van der Waals surface area contributed by atoms with Crippen LogP contribution in [0.4, 0.5) is 4.39 Å². The monoisotopic (exact) mass is 391 g/mol. The fourth-order valence-electron chi connectivity index (χ4n) is 3.32. The topological polar surface area (TPSA) is 56.7 Å². The van der Waals surface area contributed by atoms with E-state index in [1.807, 2.05) is 17.1 Å². The fraction of sp³-hybridized carbons (Fsp3) is 0.222. The summed E-state index contributed by atoms with van der Waals surface area (Å²) in [5.74, 6) is -0.610. The molecular weight excluding hydrogens is 377 g/mol. The molecule has 2 aromatic rings. The third-order valence-corrected chi connectivity index (χ3v) is 5.66. The van der Waals surface area contributed by atoms with E-state index in [4.69, 9.17) is 11.6 Å². The van der Waals surface area contributed by atoms with E-state index >= 15 is 0 Å². The van der Waals surface area contributed by atoms with Crippen molar-refractivity contribution in [2.45, 2.75) is 18.6 Å². The van der Waals surface area contributed by atoms with Crippen molar-refractivity contribution in [3.63, 3.8) is 0 Å². The summed E-state index contributed by atoms with van der Waals surface area (Å²) in [4.78, 5) is 19.8. The first-order chi connectivity index (χ1) is 12.5. The zero-order valence-electron chi connectivity index (χ0n) is 13.5. The molecule has 1 fully saturated rings. The van der Waals surface area contributed by atoms with Crippen molar-refractivity contribution in [1.29, 1.82) is 0 Å². The number of halogens is 2. The van der Waals surface area contributed by atoms with Crippen molar-refractivity contribution in [3.05, 3.63) is 75.1 Å². The van der Waals surface area contributed by atoms with Gasteiger partial charge in [-0.15, -0.1) is 11.3 Å². The van der Waals surface area contributed by atoms with Gasteiger partial charge < -0.3 is 10.1 Å². The molecule has 2 aliphatic rings. The molecule has 4 rings (SSSR count). The molecule has 1 N–H and O–H groups in total. The molecule has 8 heteroatoms. The summed E-state index contributed by atoms with van der Waals surface area (Å²) in [6.07, 6.45) is 7.18. The summed E-state index contributed by atoms with van der Waals surface area (Å²) in [5.41, 5.74) is 1.08. The van der Waals surface area contributed by atoms with Gasteiger partial charge in [-0.05, 0) is 23.8 Å². The molecule has 0 radical (unpaired) electrons. The number of hydrogen-bond acceptors (Lipinski definition) is 6. The molecule has 0 aliphatic carbocycles. The Balaban J connectivity index is 1.72. The summed E-state index contributed by atoms with van der Waals surface area (Å²) in [5, 5.41) is 12.0. The van der Waals surface area contributed by atoms with Crippen molar-refractivity contribution < 1.29 is 14.4 Å². The molecular formula is C18H15ClFN3O2S. The predicted molar refractivity (Wildman–Crippen MR) is 96.3 cm³/mol. The molecule has 1 saturated heterocycles. The third kappa shape index (κ3) is 3.07. The number of ketones is 1. The Morgan fingerprint density at radius 2 is 2.12 bits per heavy atom. The van der Waals surface area contributed by atoms with E-state index in [0.29, 0.717) is 28.7 Å². The number of nitrogens with zero attached hydrogens (tertiary/aromatic N) is 3. The molecule has 1 aromatic carbocycles. The van der Waals surface area contributed by atoms with E-state index in [9.17, 15) is 14.4 Å². The Morgan fingerprint density at radius 3 is 2.81 bits per heavy atom. The lowest BCUT2D eigenvalue weighted by Crippen LogP contribution is -2.57. The predicted octanol–water partition coefficient (Wildman–Crippen LogP) is 3.58. The third-order valence-electron chi connectivity index (χ3n) is 4.53. The maximum Gasteiger partial charge on any atom is 0.202 e. The molecule has 2 unspecified atom stereocenters. The van der Waals surface area contributed by atoms with Crippen LogP contribution in [-0.4, -0.2) is 38.6 Å². The van der Waals surface area contributed by atoms with E-state index in [1.54, 1.807) is 12.3 Å². The highest BCUT2D eigenvalue weighted by molar-refractivity contribution is 7.15. The highest BCUT2D eigenvalue weighted by Crippen LogP contribution is 2.36. The van der Waals surface area contributed by atoms with Crippen LogP contribution in [0.5, 0.6) is 0 Å². The van der Waals surface area contributed by atoms with Gasteiger partial charge in [0.15, 0.2) is 4.47 Å². The van der Waals surface area contributed by atoms with Crippen molar-refractivity contribution in [3.8, 4) is 0 Å². The minimum Gasteiger partial charge on any atom is -0.347 e. The summed E-state index contributed by atoms with van der Waals surface area (Å²) < 4.78 is 13.7. The highest BCUT2D eigenvalue weighted by atomic mass is 35.5. The van der Waals surface area contributed by atoms with Crippen LogP contribution in [0.25, 0.3) is 0 Å². The second kappa shape index (κ2) is 6.92. The average molecular weight is 392 g/mol. The number of aromatic nitrogens is 1. The van der Waals surface area contributed by atoms with Crippen molar-refractivity contribution in [2.75, 3.05) is 6.54 Å². The lowest BCUT2D eigenvalue weighted by atomic mass is 9.94. The van der Waals surface area contributed by atoms with Crippen LogP contribution < -0.4 is 0 Å². The maximum atomic E-state index is 13.3. The van der Waals surface area contributed by atoms with Gasteiger partial charge >= 0.3 is 0 Å². The second-order valence-corrected chi connectivity index (χ2v) is 7.79. The Hall–Kier alpha value is -2.06. The molecule has 0 bridgehead atoms. The van der Waals surface area contributed by atoms with E-state index in [-0.39, 0.29) is 5.78 Å². The first-order valence-electron chi connectivity index (χ1n) is 8.05. The number of fused-ring (bicyclic) bond motifs is 1. The minimum absolute atomic E-state index is 0.220. The number of hydroxylamine groups is 2. The first kappa shape index (κ1) is 17.4. The van der Waals surface area contributed by atoms with Crippen LogP contribution >= 0.6 is 22.9 Å². The summed E-state index contributed by atoms with van der Waals surface area (Å²) in [7, 11) is 0. The van der Waals surface area contributed by atoms with Gasteiger partial charge in [-0.1, -0.05) is 35.9 Å². The van der Waals surface area contributed by atoms with Crippen molar-refractivity contribution >= 4 is 28.7 Å². The van der Waals surface area contributed by atoms with E-state index < -0.39 is 18.0 Å². The lowest BCUT2D eigenvalue weighted by molar-refractivity contribution is -0.209.